The quantitative estimate of drug-likeness (QED) is 0.551. The molecule has 0 bridgehead atoms. The highest BCUT2D eigenvalue weighted by Crippen LogP contribution is 2.43. The summed E-state index contributed by atoms with van der Waals surface area (Å²) in [6, 6.07) is 1.40. The number of carbonyl (C=O) groups is 1. The molecule has 0 atom stereocenters. The van der Waals surface area contributed by atoms with Crippen molar-refractivity contribution in [3.63, 3.8) is 0 Å². The van der Waals surface area contributed by atoms with Crippen LogP contribution in [0.15, 0.2) is 12.3 Å². The largest absolute Gasteiger partial charge is 0.493 e. The molecule has 2 fully saturated rings. The third kappa shape index (κ3) is 4.88. The molecule has 1 aliphatic heterocycles. The van der Waals surface area contributed by atoms with Gasteiger partial charge in [-0.25, -0.2) is 18.6 Å². The van der Waals surface area contributed by atoms with Crippen molar-refractivity contribution in [2.45, 2.75) is 70.1 Å². The maximum absolute atomic E-state index is 15.4. The summed E-state index contributed by atoms with van der Waals surface area (Å²) in [6.07, 6.45) is 7.46. The van der Waals surface area contributed by atoms with Gasteiger partial charge in [0.05, 0.1) is 20.3 Å². The van der Waals surface area contributed by atoms with Crippen LogP contribution < -0.4 is 24.6 Å². The average Bonchev–Trinajstić information content (AvgIpc) is 3.72. The van der Waals surface area contributed by atoms with Crippen LogP contribution in [0.25, 0.3) is 0 Å². The second-order valence-electron chi connectivity index (χ2n) is 10.1. The minimum Gasteiger partial charge on any atom is -0.493 e. The highest BCUT2D eigenvalue weighted by atomic mass is 19.1. The smallest absolute Gasteiger partial charge is 0.330 e. The van der Waals surface area contributed by atoms with Crippen molar-refractivity contribution in [2.75, 3.05) is 42.9 Å². The average molecular weight is 517 g/mol. The number of nitrogens with one attached hydrogen (secondary N) is 1. The van der Waals surface area contributed by atoms with Crippen LogP contribution in [0, 0.1) is 11.6 Å². The Labute approximate surface area is 215 Å². The van der Waals surface area contributed by atoms with Crippen LogP contribution in [-0.4, -0.2) is 66.8 Å². The summed E-state index contributed by atoms with van der Waals surface area (Å²) in [4.78, 5) is 27.8. The lowest BCUT2D eigenvalue weighted by molar-refractivity contribution is 0.221. The summed E-state index contributed by atoms with van der Waals surface area (Å²) in [5, 5.41) is 3.44. The van der Waals surface area contributed by atoms with Crippen molar-refractivity contribution in [1.29, 1.82) is 0 Å². The number of hydrogen-bond donors (Lipinski definition) is 1. The van der Waals surface area contributed by atoms with Gasteiger partial charge in [0.1, 0.15) is 11.5 Å². The summed E-state index contributed by atoms with van der Waals surface area (Å²) in [7, 11) is 5.51. The Morgan fingerprint density at radius 3 is 2.43 bits per heavy atom. The van der Waals surface area contributed by atoms with Gasteiger partial charge in [0, 0.05) is 36.0 Å². The SMILES string of the molecule is CCOc1cc(OC)c(F)c(N2Cc3cnc(NC4CCC(N(C)C)CC4)nc3N(C3CC3)C2=O)c1F. The van der Waals surface area contributed by atoms with Crippen LogP contribution in [0.3, 0.4) is 0 Å². The van der Waals surface area contributed by atoms with Crippen LogP contribution in [0.5, 0.6) is 11.5 Å². The molecule has 0 unspecified atom stereocenters. The van der Waals surface area contributed by atoms with Crippen molar-refractivity contribution >= 4 is 23.5 Å². The molecule has 0 saturated heterocycles. The summed E-state index contributed by atoms with van der Waals surface area (Å²) in [5.41, 5.74) is 0.122. The molecule has 200 valence electrons. The molecule has 2 aromatic rings. The lowest BCUT2D eigenvalue weighted by atomic mass is 9.91. The molecule has 9 nitrogen and oxygen atoms in total. The van der Waals surface area contributed by atoms with Crippen LogP contribution in [-0.2, 0) is 6.54 Å². The molecule has 1 aromatic heterocycles. The Morgan fingerprint density at radius 1 is 1.11 bits per heavy atom. The molecule has 2 saturated carbocycles. The Hall–Kier alpha value is -3.21. The number of nitrogens with zero attached hydrogens (tertiary/aromatic N) is 5. The molecule has 5 rings (SSSR count). The van der Waals surface area contributed by atoms with Gasteiger partial charge < -0.3 is 19.7 Å². The van der Waals surface area contributed by atoms with Crippen molar-refractivity contribution in [2.24, 2.45) is 0 Å². The minimum absolute atomic E-state index is 0.0712. The predicted octanol–water partition coefficient (Wildman–Crippen LogP) is 4.56. The third-order valence-corrected chi connectivity index (χ3v) is 7.41. The zero-order valence-electron chi connectivity index (χ0n) is 21.8. The summed E-state index contributed by atoms with van der Waals surface area (Å²) in [5.74, 6) is -1.31. The highest BCUT2D eigenvalue weighted by molar-refractivity contribution is 6.06. The van der Waals surface area contributed by atoms with E-state index in [1.807, 2.05) is 0 Å². The Balaban J connectivity index is 1.45. The number of methoxy groups -OCH3 is 1. The van der Waals surface area contributed by atoms with Crippen LogP contribution in [0.4, 0.5) is 31.0 Å². The molecule has 1 aromatic carbocycles. The van der Waals surface area contributed by atoms with E-state index in [-0.39, 0.29) is 36.7 Å². The van der Waals surface area contributed by atoms with E-state index in [9.17, 15) is 4.79 Å². The van der Waals surface area contributed by atoms with E-state index >= 15 is 8.78 Å². The number of halogens is 2. The van der Waals surface area contributed by atoms with Gasteiger partial charge in [-0.3, -0.25) is 9.80 Å². The van der Waals surface area contributed by atoms with Gasteiger partial charge >= 0.3 is 6.03 Å². The number of urea groups is 1. The first-order valence-electron chi connectivity index (χ1n) is 12.9. The molecule has 0 radical (unpaired) electrons. The van der Waals surface area contributed by atoms with Crippen LogP contribution in [0.2, 0.25) is 0 Å². The zero-order valence-corrected chi connectivity index (χ0v) is 21.8. The molecule has 37 heavy (non-hydrogen) atoms. The first-order valence-corrected chi connectivity index (χ1v) is 12.9. The Kier molecular flexibility index (Phi) is 7.06. The fourth-order valence-corrected chi connectivity index (χ4v) is 5.22. The van der Waals surface area contributed by atoms with Crippen molar-refractivity contribution in [3.8, 4) is 11.5 Å². The molecule has 11 heteroatoms. The van der Waals surface area contributed by atoms with Crippen LogP contribution >= 0.6 is 0 Å². The third-order valence-electron chi connectivity index (χ3n) is 7.41. The Bertz CT molecular complexity index is 1170. The number of aromatic nitrogens is 2. The molecular formula is C26H34F2N6O3. The van der Waals surface area contributed by atoms with Gasteiger partial charge in [0.2, 0.25) is 5.95 Å². The van der Waals surface area contributed by atoms with E-state index in [4.69, 9.17) is 14.5 Å². The fraction of sp³-hybridized carbons (Fsp3) is 0.577. The van der Waals surface area contributed by atoms with Gasteiger partial charge in [-0.1, -0.05) is 0 Å². The number of benzene rings is 1. The molecule has 2 amide bonds. The van der Waals surface area contributed by atoms with E-state index in [0.29, 0.717) is 23.4 Å². The van der Waals surface area contributed by atoms with E-state index in [1.165, 1.54) is 7.11 Å². The number of rotatable bonds is 8. The molecule has 0 spiro atoms. The lowest BCUT2D eigenvalue weighted by Gasteiger charge is -2.37. The number of amides is 2. The first kappa shape index (κ1) is 25.4. The van der Waals surface area contributed by atoms with Gasteiger partial charge in [-0.15, -0.1) is 0 Å². The monoisotopic (exact) mass is 516 g/mol. The predicted molar refractivity (Wildman–Crippen MR) is 137 cm³/mol. The number of hydrogen-bond acceptors (Lipinski definition) is 7. The molecule has 2 aliphatic carbocycles. The maximum Gasteiger partial charge on any atom is 0.330 e. The van der Waals surface area contributed by atoms with Crippen molar-refractivity contribution in [3.05, 3.63) is 29.5 Å². The second-order valence-corrected chi connectivity index (χ2v) is 10.1. The molecule has 1 N–H and O–H groups in total. The molecule has 3 aliphatic rings. The van der Waals surface area contributed by atoms with Crippen LogP contribution in [0.1, 0.15) is 51.0 Å². The first-order chi connectivity index (χ1) is 17.8. The maximum atomic E-state index is 15.4. The van der Waals surface area contributed by atoms with Gasteiger partial charge in [-0.2, -0.15) is 4.98 Å². The van der Waals surface area contributed by atoms with Gasteiger partial charge in [-0.05, 0) is 59.5 Å². The van der Waals surface area contributed by atoms with Crippen molar-refractivity contribution < 1.29 is 23.0 Å². The topological polar surface area (TPSA) is 83.1 Å². The zero-order chi connectivity index (χ0) is 26.3. The van der Waals surface area contributed by atoms with Crippen molar-refractivity contribution in [1.82, 2.24) is 14.9 Å². The van der Waals surface area contributed by atoms with E-state index in [2.05, 4.69) is 29.3 Å². The standard InChI is InChI=1S/C26H34F2N6O3/c1-5-37-20-12-19(36-4)21(27)23(22(20)28)33-14-15-13-29-25(30-16-6-8-17(9-7-16)32(2)3)31-24(15)34(26(33)35)18-10-11-18/h12-13,16-18H,5-11,14H2,1-4H3,(H,29,30,31). The van der Waals surface area contributed by atoms with Gasteiger partial charge in [0.15, 0.2) is 23.1 Å². The summed E-state index contributed by atoms with van der Waals surface area (Å²) in [6.45, 7) is 1.80. The number of anilines is 3. The van der Waals surface area contributed by atoms with E-state index in [1.54, 1.807) is 18.0 Å². The highest BCUT2D eigenvalue weighted by Gasteiger charge is 2.44. The fourth-order valence-electron chi connectivity index (χ4n) is 5.22. The Morgan fingerprint density at radius 2 is 1.81 bits per heavy atom. The van der Waals surface area contributed by atoms with E-state index < -0.39 is 23.4 Å². The number of fused-ring (bicyclic) bond motifs is 1. The summed E-state index contributed by atoms with van der Waals surface area (Å²) >= 11 is 0. The second kappa shape index (κ2) is 10.3. The number of carbonyl (C=O) groups excluding carboxylic acids is 1. The summed E-state index contributed by atoms with van der Waals surface area (Å²) < 4.78 is 41.3. The molecular weight excluding hydrogens is 482 g/mol. The number of ether oxygens (including phenoxy) is 2. The normalized spacial score (nSPS) is 21.8. The molecule has 2 heterocycles. The minimum atomic E-state index is -0.955. The van der Waals surface area contributed by atoms with E-state index in [0.717, 1.165) is 49.5 Å². The lowest BCUT2D eigenvalue weighted by Crippen LogP contribution is -2.49. The van der Waals surface area contributed by atoms with Gasteiger partial charge in [0.25, 0.3) is 0 Å².